The number of carbonyl (C=O) groups excluding carboxylic acids is 1. The summed E-state index contributed by atoms with van der Waals surface area (Å²) in [7, 11) is -1.85. The molecule has 2 rings (SSSR count). The summed E-state index contributed by atoms with van der Waals surface area (Å²) in [4.78, 5) is 17.8. The minimum atomic E-state index is -3.41. The van der Waals surface area contributed by atoms with Crippen molar-refractivity contribution >= 4 is 16.1 Å². The molecule has 27 heavy (non-hydrogen) atoms. The van der Waals surface area contributed by atoms with E-state index in [2.05, 4.69) is 29.3 Å². The molecule has 0 atom stereocenters. The van der Waals surface area contributed by atoms with Crippen LogP contribution in [0.15, 0.2) is 4.52 Å². The van der Waals surface area contributed by atoms with Crippen molar-refractivity contribution in [2.45, 2.75) is 32.7 Å². The van der Waals surface area contributed by atoms with E-state index in [0.717, 1.165) is 0 Å². The van der Waals surface area contributed by atoms with Crippen LogP contribution in [0, 0.1) is 5.92 Å². The molecule has 1 fully saturated rings. The molecule has 2 amide bonds. The first-order valence-corrected chi connectivity index (χ1v) is 10.9. The summed E-state index contributed by atoms with van der Waals surface area (Å²) in [5.74, 6) is 1.46. The maximum absolute atomic E-state index is 12.2. The molecule has 11 heteroatoms. The average molecular weight is 404 g/mol. The molecule has 0 bridgehead atoms. The standard InChI is InChI=1S/C16H29N5O5S/c1-12(2)9-15-18-14(19-26-15)5-7-21(27(4,23)24)13-10-20(11-13)16(22)17-6-8-25-3/h12-13H,5-11H2,1-4H3,(H,17,22). The molecule has 1 N–H and O–H groups in total. The second-order valence-corrected chi connectivity index (χ2v) is 9.04. The van der Waals surface area contributed by atoms with Gasteiger partial charge in [0.05, 0.1) is 18.9 Å². The fraction of sp³-hybridized carbons (Fsp3) is 0.812. The van der Waals surface area contributed by atoms with Crippen molar-refractivity contribution < 1.29 is 22.5 Å². The number of carbonyl (C=O) groups is 1. The molecule has 1 aromatic heterocycles. The van der Waals surface area contributed by atoms with Crippen molar-refractivity contribution in [3.8, 4) is 0 Å². The number of hydrogen-bond acceptors (Lipinski definition) is 7. The van der Waals surface area contributed by atoms with Gasteiger partial charge in [-0.2, -0.15) is 9.29 Å². The van der Waals surface area contributed by atoms with Gasteiger partial charge in [-0.3, -0.25) is 0 Å². The van der Waals surface area contributed by atoms with Crippen molar-refractivity contribution in [2.75, 3.05) is 46.2 Å². The monoisotopic (exact) mass is 403 g/mol. The summed E-state index contributed by atoms with van der Waals surface area (Å²) in [6, 6.07) is -0.455. The molecular formula is C16H29N5O5S. The Labute approximate surface area is 160 Å². The first kappa shape index (κ1) is 21.6. The molecule has 1 aliphatic heterocycles. The third-order valence-corrected chi connectivity index (χ3v) is 5.55. The fourth-order valence-corrected chi connectivity index (χ4v) is 3.93. The Kier molecular flexibility index (Phi) is 7.57. The number of likely N-dealkylation sites (tertiary alicyclic amines) is 1. The highest BCUT2D eigenvalue weighted by Crippen LogP contribution is 2.18. The SMILES string of the molecule is COCCNC(=O)N1CC(N(CCc2noc(CC(C)C)n2)S(C)(=O)=O)C1. The molecule has 154 valence electrons. The minimum Gasteiger partial charge on any atom is -0.383 e. The molecular weight excluding hydrogens is 374 g/mol. The van der Waals surface area contributed by atoms with Crippen molar-refractivity contribution in [1.29, 1.82) is 0 Å². The van der Waals surface area contributed by atoms with Crippen LogP contribution < -0.4 is 5.32 Å². The average Bonchev–Trinajstić information content (AvgIpc) is 2.94. The minimum absolute atomic E-state index is 0.215. The van der Waals surface area contributed by atoms with Gasteiger partial charge in [0, 0.05) is 46.1 Å². The molecule has 10 nitrogen and oxygen atoms in total. The maximum Gasteiger partial charge on any atom is 0.317 e. The smallest absolute Gasteiger partial charge is 0.317 e. The zero-order chi connectivity index (χ0) is 20.0. The zero-order valence-corrected chi connectivity index (χ0v) is 17.2. The molecule has 0 saturated carbocycles. The lowest BCUT2D eigenvalue weighted by Crippen LogP contribution is -2.64. The third kappa shape index (κ3) is 6.43. The highest BCUT2D eigenvalue weighted by Gasteiger charge is 2.38. The number of nitrogens with one attached hydrogen (secondary N) is 1. The fourth-order valence-electron chi connectivity index (χ4n) is 2.83. The Morgan fingerprint density at radius 3 is 2.74 bits per heavy atom. The number of aromatic nitrogens is 2. The number of nitrogens with zero attached hydrogens (tertiary/aromatic N) is 4. The van der Waals surface area contributed by atoms with E-state index < -0.39 is 10.0 Å². The second-order valence-electron chi connectivity index (χ2n) is 7.11. The van der Waals surface area contributed by atoms with Crippen LogP contribution in [-0.2, 0) is 27.6 Å². The van der Waals surface area contributed by atoms with Gasteiger partial charge in [-0.05, 0) is 5.92 Å². The zero-order valence-electron chi connectivity index (χ0n) is 16.3. The van der Waals surface area contributed by atoms with E-state index in [1.807, 2.05) is 0 Å². The third-order valence-electron chi connectivity index (χ3n) is 4.21. The highest BCUT2D eigenvalue weighted by atomic mass is 32.2. The maximum atomic E-state index is 12.2. The van der Waals surface area contributed by atoms with E-state index in [1.165, 1.54) is 10.6 Å². The van der Waals surface area contributed by atoms with E-state index in [9.17, 15) is 13.2 Å². The summed E-state index contributed by atoms with van der Waals surface area (Å²) in [6.07, 6.45) is 2.23. The molecule has 0 unspecified atom stereocenters. The van der Waals surface area contributed by atoms with Gasteiger partial charge in [-0.15, -0.1) is 0 Å². The lowest BCUT2D eigenvalue weighted by molar-refractivity contribution is 0.0994. The molecule has 0 radical (unpaired) electrons. The number of sulfonamides is 1. The number of hydrogen-bond donors (Lipinski definition) is 1. The van der Waals surface area contributed by atoms with E-state index >= 15 is 0 Å². The second kappa shape index (κ2) is 9.47. The predicted octanol–water partition coefficient (Wildman–Crippen LogP) is 0.112. The van der Waals surface area contributed by atoms with Crippen LogP contribution >= 0.6 is 0 Å². The van der Waals surface area contributed by atoms with Crippen LogP contribution in [-0.4, -0.2) is 86.0 Å². The molecule has 0 aromatic carbocycles. The number of ether oxygens (including phenoxy) is 1. The Morgan fingerprint density at radius 1 is 1.44 bits per heavy atom. The Balaban J connectivity index is 1.86. The first-order chi connectivity index (χ1) is 12.7. The number of urea groups is 1. The van der Waals surface area contributed by atoms with Crippen molar-refractivity contribution in [2.24, 2.45) is 5.92 Å². The Hall–Kier alpha value is -1.72. The van der Waals surface area contributed by atoms with Gasteiger partial charge >= 0.3 is 6.03 Å². The van der Waals surface area contributed by atoms with Crippen molar-refractivity contribution in [3.63, 3.8) is 0 Å². The van der Waals surface area contributed by atoms with Gasteiger partial charge in [0.25, 0.3) is 0 Å². The summed E-state index contributed by atoms with van der Waals surface area (Å²) >= 11 is 0. The van der Waals surface area contributed by atoms with Gasteiger partial charge in [0.15, 0.2) is 5.82 Å². The van der Waals surface area contributed by atoms with Crippen molar-refractivity contribution in [3.05, 3.63) is 11.7 Å². The summed E-state index contributed by atoms with van der Waals surface area (Å²) in [6.45, 7) is 5.94. The molecule has 1 aromatic rings. The van der Waals surface area contributed by atoms with Gasteiger partial charge in [0.2, 0.25) is 15.9 Å². The number of methoxy groups -OCH3 is 1. The van der Waals surface area contributed by atoms with Crippen LogP contribution in [0.2, 0.25) is 0 Å². The van der Waals surface area contributed by atoms with E-state index in [0.29, 0.717) is 56.7 Å². The van der Waals surface area contributed by atoms with E-state index in [1.54, 1.807) is 12.0 Å². The lowest BCUT2D eigenvalue weighted by atomic mass is 10.1. The Morgan fingerprint density at radius 2 is 2.15 bits per heavy atom. The lowest BCUT2D eigenvalue weighted by Gasteiger charge is -2.44. The number of rotatable bonds is 10. The molecule has 0 aliphatic carbocycles. The van der Waals surface area contributed by atoms with Gasteiger partial charge in [-0.25, -0.2) is 13.2 Å². The Bertz CT molecular complexity index is 715. The predicted molar refractivity (Wildman–Crippen MR) is 98.7 cm³/mol. The molecule has 0 spiro atoms. The van der Waals surface area contributed by atoms with Crippen LogP contribution in [0.25, 0.3) is 0 Å². The van der Waals surface area contributed by atoms with E-state index in [4.69, 9.17) is 9.26 Å². The highest BCUT2D eigenvalue weighted by molar-refractivity contribution is 7.88. The summed E-state index contributed by atoms with van der Waals surface area (Å²) in [5, 5.41) is 6.64. The van der Waals surface area contributed by atoms with Crippen molar-refractivity contribution in [1.82, 2.24) is 24.7 Å². The van der Waals surface area contributed by atoms with Gasteiger partial charge in [0.1, 0.15) is 0 Å². The summed E-state index contributed by atoms with van der Waals surface area (Å²) < 4.78 is 35.8. The summed E-state index contributed by atoms with van der Waals surface area (Å²) in [5.41, 5.74) is 0. The van der Waals surface area contributed by atoms with Gasteiger partial charge in [-0.1, -0.05) is 19.0 Å². The topological polar surface area (TPSA) is 118 Å². The van der Waals surface area contributed by atoms with Crippen LogP contribution in [0.1, 0.15) is 25.6 Å². The van der Waals surface area contributed by atoms with Crippen LogP contribution in [0.5, 0.6) is 0 Å². The molecule has 1 saturated heterocycles. The quantitative estimate of drug-likeness (QED) is 0.551. The largest absolute Gasteiger partial charge is 0.383 e. The first-order valence-electron chi connectivity index (χ1n) is 9.00. The van der Waals surface area contributed by atoms with Gasteiger partial charge < -0.3 is 19.5 Å². The van der Waals surface area contributed by atoms with Crippen LogP contribution in [0.4, 0.5) is 4.79 Å². The van der Waals surface area contributed by atoms with E-state index in [-0.39, 0.29) is 18.6 Å². The molecule has 1 aliphatic rings. The molecule has 2 heterocycles. The van der Waals surface area contributed by atoms with Crippen LogP contribution in [0.3, 0.4) is 0 Å². The normalized spacial score (nSPS) is 15.4. The number of amides is 2.